The predicted octanol–water partition coefficient (Wildman–Crippen LogP) is 7.41. The summed E-state index contributed by atoms with van der Waals surface area (Å²) in [4.78, 5) is 7.99. The number of hydrogen-bond donors (Lipinski definition) is 3. The Balaban J connectivity index is 1.25. The second-order valence-corrected chi connectivity index (χ2v) is 10.5. The number of pyridine rings is 1. The van der Waals surface area contributed by atoms with Gasteiger partial charge in [-0.2, -0.15) is 16.4 Å². The molecule has 0 unspecified atom stereocenters. The fraction of sp³-hybridized carbons (Fsp3) is 0.267. The molecule has 0 spiro atoms. The van der Waals surface area contributed by atoms with Crippen LogP contribution in [-0.4, -0.2) is 26.7 Å². The Bertz CT molecular complexity index is 1480. The van der Waals surface area contributed by atoms with Crippen molar-refractivity contribution in [3.8, 4) is 22.5 Å². The summed E-state index contributed by atoms with van der Waals surface area (Å²) in [5.41, 5.74) is 10.1. The molecule has 36 heavy (non-hydrogen) atoms. The number of thiophene rings is 1. The predicted molar refractivity (Wildman–Crippen MR) is 150 cm³/mol. The molecule has 1 aromatic carbocycles. The van der Waals surface area contributed by atoms with Gasteiger partial charge in [0.15, 0.2) is 0 Å². The van der Waals surface area contributed by atoms with Gasteiger partial charge in [0.2, 0.25) is 0 Å². The molecule has 4 heterocycles. The number of nitrogens with one attached hydrogen (secondary N) is 3. The molecular weight excluding hydrogens is 462 g/mol. The van der Waals surface area contributed by atoms with Crippen LogP contribution in [0.1, 0.15) is 49.3 Å². The minimum Gasteiger partial charge on any atom is -0.359 e. The zero-order chi connectivity index (χ0) is 24.3. The zero-order valence-electron chi connectivity index (χ0n) is 20.6. The Morgan fingerprint density at radius 2 is 2.00 bits per heavy atom. The van der Waals surface area contributed by atoms with E-state index in [4.69, 9.17) is 0 Å². The largest absolute Gasteiger partial charge is 0.359 e. The Morgan fingerprint density at radius 3 is 2.83 bits per heavy atom. The number of H-pyrrole nitrogens is 2. The van der Waals surface area contributed by atoms with Crippen molar-refractivity contribution in [2.75, 3.05) is 6.54 Å². The molecular formula is C30H31N5S. The first-order valence-corrected chi connectivity index (χ1v) is 13.7. The molecule has 182 valence electrons. The molecule has 0 atom stereocenters. The van der Waals surface area contributed by atoms with E-state index in [1.807, 2.05) is 12.4 Å². The molecule has 6 rings (SSSR count). The maximum Gasteiger partial charge on any atom is 0.116 e. The van der Waals surface area contributed by atoms with Crippen molar-refractivity contribution in [2.45, 2.75) is 39.2 Å². The van der Waals surface area contributed by atoms with Crippen molar-refractivity contribution in [1.82, 2.24) is 25.5 Å². The fourth-order valence-electron chi connectivity index (χ4n) is 5.38. The minimum absolute atomic E-state index is 0.839. The van der Waals surface area contributed by atoms with Crippen LogP contribution in [0.3, 0.4) is 0 Å². The van der Waals surface area contributed by atoms with E-state index in [9.17, 15) is 0 Å². The summed E-state index contributed by atoms with van der Waals surface area (Å²) in [5.74, 6) is 0.839. The molecule has 0 saturated heterocycles. The molecule has 0 bridgehead atoms. The highest BCUT2D eigenvalue weighted by Crippen LogP contribution is 2.33. The smallest absolute Gasteiger partial charge is 0.116 e. The molecule has 0 amide bonds. The van der Waals surface area contributed by atoms with E-state index in [1.165, 1.54) is 47.9 Å². The van der Waals surface area contributed by atoms with E-state index in [2.05, 4.69) is 91.8 Å². The highest BCUT2D eigenvalue weighted by molar-refractivity contribution is 7.08. The van der Waals surface area contributed by atoms with E-state index in [0.29, 0.717) is 0 Å². The van der Waals surface area contributed by atoms with Gasteiger partial charge in [0.25, 0.3) is 0 Å². The van der Waals surface area contributed by atoms with Crippen LogP contribution in [-0.2, 0) is 6.54 Å². The van der Waals surface area contributed by atoms with Crippen LogP contribution >= 0.6 is 11.3 Å². The van der Waals surface area contributed by atoms with E-state index in [1.54, 1.807) is 11.3 Å². The van der Waals surface area contributed by atoms with Crippen LogP contribution in [0, 0.1) is 5.92 Å². The number of fused-ring (bicyclic) bond motifs is 1. The Labute approximate surface area is 215 Å². The minimum atomic E-state index is 0.839. The molecule has 0 radical (unpaired) electrons. The first-order chi connectivity index (χ1) is 17.8. The van der Waals surface area contributed by atoms with Crippen LogP contribution in [0.15, 0.2) is 71.8 Å². The number of nitrogens with zero attached hydrogens (tertiary/aromatic N) is 2. The average Bonchev–Trinajstić information content (AvgIpc) is 3.72. The number of aromatic nitrogens is 4. The quantitative estimate of drug-likeness (QED) is 0.211. The van der Waals surface area contributed by atoms with Crippen molar-refractivity contribution in [3.05, 3.63) is 88.5 Å². The summed E-state index contributed by atoms with van der Waals surface area (Å²) in [7, 11) is 0. The Kier molecular flexibility index (Phi) is 6.53. The highest BCUT2D eigenvalue weighted by Gasteiger charge is 2.15. The van der Waals surface area contributed by atoms with E-state index >= 15 is 0 Å². The van der Waals surface area contributed by atoms with Gasteiger partial charge in [-0.05, 0) is 95.6 Å². The van der Waals surface area contributed by atoms with Gasteiger partial charge in [-0.15, -0.1) is 0 Å². The second kappa shape index (κ2) is 10.2. The lowest BCUT2D eigenvalue weighted by molar-refractivity contribution is 0.489. The van der Waals surface area contributed by atoms with Crippen molar-refractivity contribution >= 4 is 27.8 Å². The lowest BCUT2D eigenvalue weighted by Gasteiger charge is -2.11. The third-order valence-electron chi connectivity index (χ3n) is 7.30. The standard InChI is InChI=1S/C30H31N5S/c1-2-26(23-9-10-36-19-23)25-13-29(33-18-25)30-27-12-22(7-8-28(27)34-35-30)24-11-21(16-32-17-24)15-31-14-20-5-3-4-6-20/h2,7-13,16-20,31,33H,3-6,14-15H2,1H3,(H,34,35)/b26-2-. The average molecular weight is 494 g/mol. The maximum atomic E-state index is 4.66. The zero-order valence-corrected chi connectivity index (χ0v) is 21.4. The first kappa shape index (κ1) is 23.0. The van der Waals surface area contributed by atoms with Gasteiger partial charge in [0.05, 0.1) is 11.2 Å². The van der Waals surface area contributed by atoms with Crippen LogP contribution < -0.4 is 5.32 Å². The van der Waals surface area contributed by atoms with Crippen molar-refractivity contribution in [3.63, 3.8) is 0 Å². The number of benzene rings is 1. The third kappa shape index (κ3) is 4.66. The third-order valence-corrected chi connectivity index (χ3v) is 7.98. The molecule has 5 aromatic rings. The summed E-state index contributed by atoms with van der Waals surface area (Å²) in [6, 6.07) is 13.1. The van der Waals surface area contributed by atoms with E-state index in [-0.39, 0.29) is 0 Å². The van der Waals surface area contributed by atoms with Gasteiger partial charge < -0.3 is 10.3 Å². The van der Waals surface area contributed by atoms with Crippen molar-refractivity contribution in [1.29, 1.82) is 0 Å². The topological polar surface area (TPSA) is 69.4 Å². The second-order valence-electron chi connectivity index (χ2n) is 9.71. The molecule has 0 aliphatic heterocycles. The van der Waals surface area contributed by atoms with Crippen LogP contribution in [0.2, 0.25) is 0 Å². The molecule has 4 aromatic heterocycles. The van der Waals surface area contributed by atoms with Gasteiger partial charge in [0, 0.05) is 41.6 Å². The molecule has 6 heteroatoms. The van der Waals surface area contributed by atoms with Gasteiger partial charge in [-0.1, -0.05) is 25.0 Å². The first-order valence-electron chi connectivity index (χ1n) is 12.8. The maximum absolute atomic E-state index is 4.66. The summed E-state index contributed by atoms with van der Waals surface area (Å²) in [6.07, 6.45) is 13.7. The fourth-order valence-corrected chi connectivity index (χ4v) is 6.04. The SMILES string of the molecule is C/C=C(/c1ccsc1)c1c[nH]c(-c2n[nH]c3ccc(-c4cncc(CNCC5CCCC5)c4)cc23)c1. The van der Waals surface area contributed by atoms with Crippen molar-refractivity contribution in [2.24, 2.45) is 5.92 Å². The van der Waals surface area contributed by atoms with Gasteiger partial charge in [0.1, 0.15) is 5.69 Å². The van der Waals surface area contributed by atoms with Crippen LogP contribution in [0.5, 0.6) is 0 Å². The summed E-state index contributed by atoms with van der Waals surface area (Å²) in [6.45, 7) is 4.05. The van der Waals surface area contributed by atoms with Crippen LogP contribution in [0.4, 0.5) is 0 Å². The lowest BCUT2D eigenvalue weighted by Crippen LogP contribution is -2.20. The molecule has 1 fully saturated rings. The number of rotatable bonds is 8. The monoisotopic (exact) mass is 493 g/mol. The summed E-state index contributed by atoms with van der Waals surface area (Å²) < 4.78 is 0. The molecule has 1 aliphatic carbocycles. The van der Waals surface area contributed by atoms with Crippen molar-refractivity contribution < 1.29 is 0 Å². The normalized spacial score (nSPS) is 14.8. The number of aromatic amines is 2. The van der Waals surface area contributed by atoms with Crippen LogP contribution in [0.25, 0.3) is 39.0 Å². The lowest BCUT2D eigenvalue weighted by atomic mass is 10.0. The highest BCUT2D eigenvalue weighted by atomic mass is 32.1. The Morgan fingerprint density at radius 1 is 1.08 bits per heavy atom. The Hall–Kier alpha value is -3.48. The van der Waals surface area contributed by atoms with E-state index < -0.39 is 0 Å². The molecule has 3 N–H and O–H groups in total. The van der Waals surface area contributed by atoms with Gasteiger partial charge >= 0.3 is 0 Å². The molecule has 1 aliphatic rings. The van der Waals surface area contributed by atoms with Gasteiger partial charge in [-0.25, -0.2) is 0 Å². The summed E-state index contributed by atoms with van der Waals surface area (Å²) >= 11 is 1.72. The van der Waals surface area contributed by atoms with E-state index in [0.717, 1.165) is 52.4 Å². The molecule has 1 saturated carbocycles. The molecule has 5 nitrogen and oxygen atoms in total. The van der Waals surface area contributed by atoms with Gasteiger partial charge in [-0.3, -0.25) is 10.1 Å². The number of allylic oxidation sites excluding steroid dienone is 1. The number of hydrogen-bond acceptors (Lipinski definition) is 4. The summed E-state index contributed by atoms with van der Waals surface area (Å²) in [5, 5.41) is 16.9.